The molecule has 0 radical (unpaired) electrons. The topological polar surface area (TPSA) is 43.4 Å². The van der Waals surface area contributed by atoms with Crippen LogP contribution in [0.3, 0.4) is 0 Å². The SMILES string of the molecule is Cc1ccc(-c2ccc(-c3cc(C)oc(=O)c3)o2)cc1. The molecule has 2 heterocycles. The lowest BCUT2D eigenvalue weighted by atomic mass is 10.1. The van der Waals surface area contributed by atoms with E-state index in [1.807, 2.05) is 43.3 Å². The Balaban J connectivity index is 2.01. The van der Waals surface area contributed by atoms with Gasteiger partial charge < -0.3 is 8.83 Å². The Morgan fingerprint density at radius 2 is 1.40 bits per heavy atom. The molecule has 20 heavy (non-hydrogen) atoms. The van der Waals surface area contributed by atoms with Crippen LogP contribution < -0.4 is 5.63 Å². The molecule has 0 N–H and O–H groups in total. The van der Waals surface area contributed by atoms with Gasteiger partial charge in [-0.05, 0) is 32.0 Å². The van der Waals surface area contributed by atoms with Gasteiger partial charge in [0, 0.05) is 17.2 Å². The highest BCUT2D eigenvalue weighted by atomic mass is 16.4. The molecule has 100 valence electrons. The molecule has 1 aromatic carbocycles. The maximum absolute atomic E-state index is 11.4. The Kier molecular flexibility index (Phi) is 3.03. The van der Waals surface area contributed by atoms with Gasteiger partial charge >= 0.3 is 5.63 Å². The van der Waals surface area contributed by atoms with Gasteiger partial charge in [-0.25, -0.2) is 4.79 Å². The number of aryl methyl sites for hydroxylation is 2. The highest BCUT2D eigenvalue weighted by Crippen LogP contribution is 2.28. The van der Waals surface area contributed by atoms with Gasteiger partial charge in [-0.3, -0.25) is 0 Å². The molecule has 0 aliphatic rings. The molecule has 0 saturated carbocycles. The fraction of sp³-hybridized carbons (Fsp3) is 0.118. The van der Waals surface area contributed by atoms with Gasteiger partial charge in [-0.2, -0.15) is 0 Å². The second kappa shape index (κ2) is 4.85. The van der Waals surface area contributed by atoms with Crippen LogP contribution >= 0.6 is 0 Å². The third-order valence-corrected chi connectivity index (χ3v) is 3.12. The van der Waals surface area contributed by atoms with Gasteiger partial charge in [0.15, 0.2) is 0 Å². The van der Waals surface area contributed by atoms with Crippen LogP contribution in [0, 0.1) is 13.8 Å². The maximum atomic E-state index is 11.4. The van der Waals surface area contributed by atoms with Crippen LogP contribution in [0.25, 0.3) is 22.6 Å². The van der Waals surface area contributed by atoms with Gasteiger partial charge in [0.05, 0.1) is 0 Å². The summed E-state index contributed by atoms with van der Waals surface area (Å²) in [6.07, 6.45) is 0. The smallest absolute Gasteiger partial charge is 0.336 e. The Hall–Kier alpha value is -2.55. The average molecular weight is 266 g/mol. The van der Waals surface area contributed by atoms with Gasteiger partial charge in [0.2, 0.25) is 0 Å². The van der Waals surface area contributed by atoms with Crippen LogP contribution in [0.1, 0.15) is 11.3 Å². The van der Waals surface area contributed by atoms with E-state index in [9.17, 15) is 4.79 Å². The summed E-state index contributed by atoms with van der Waals surface area (Å²) in [5, 5.41) is 0. The van der Waals surface area contributed by atoms with Crippen molar-refractivity contribution in [2.75, 3.05) is 0 Å². The van der Waals surface area contributed by atoms with Crippen molar-refractivity contribution in [2.45, 2.75) is 13.8 Å². The second-order valence-corrected chi connectivity index (χ2v) is 4.81. The first kappa shape index (κ1) is 12.5. The predicted octanol–water partition coefficient (Wildman–Crippen LogP) is 4.18. The lowest BCUT2D eigenvalue weighted by Crippen LogP contribution is -1.97. The van der Waals surface area contributed by atoms with E-state index in [1.54, 1.807) is 13.0 Å². The van der Waals surface area contributed by atoms with Crippen molar-refractivity contribution >= 4 is 0 Å². The van der Waals surface area contributed by atoms with E-state index in [0.717, 1.165) is 16.9 Å². The zero-order chi connectivity index (χ0) is 14.1. The van der Waals surface area contributed by atoms with Crippen molar-refractivity contribution in [3.63, 3.8) is 0 Å². The van der Waals surface area contributed by atoms with E-state index in [0.29, 0.717) is 11.5 Å². The summed E-state index contributed by atoms with van der Waals surface area (Å²) < 4.78 is 10.8. The van der Waals surface area contributed by atoms with Gasteiger partial charge in [-0.1, -0.05) is 29.8 Å². The van der Waals surface area contributed by atoms with Crippen molar-refractivity contribution in [3.8, 4) is 22.6 Å². The van der Waals surface area contributed by atoms with Crippen LogP contribution in [0.4, 0.5) is 0 Å². The zero-order valence-corrected chi connectivity index (χ0v) is 11.3. The first-order valence-corrected chi connectivity index (χ1v) is 6.41. The maximum Gasteiger partial charge on any atom is 0.336 e. The molecular formula is C17H14O3. The van der Waals surface area contributed by atoms with Crippen LogP contribution in [0.2, 0.25) is 0 Å². The Labute approximate surface area is 116 Å². The monoisotopic (exact) mass is 266 g/mol. The highest BCUT2D eigenvalue weighted by molar-refractivity contribution is 5.64. The van der Waals surface area contributed by atoms with Gasteiger partial charge in [0.25, 0.3) is 0 Å². The molecule has 3 aromatic rings. The van der Waals surface area contributed by atoms with Crippen LogP contribution in [-0.2, 0) is 0 Å². The number of furan rings is 1. The van der Waals surface area contributed by atoms with E-state index in [2.05, 4.69) is 0 Å². The molecule has 0 aliphatic heterocycles. The van der Waals surface area contributed by atoms with Crippen molar-refractivity contribution in [1.29, 1.82) is 0 Å². The third-order valence-electron chi connectivity index (χ3n) is 3.12. The molecule has 0 atom stereocenters. The average Bonchev–Trinajstić information content (AvgIpc) is 2.88. The quantitative estimate of drug-likeness (QED) is 0.698. The molecule has 0 amide bonds. The number of rotatable bonds is 2. The van der Waals surface area contributed by atoms with Crippen LogP contribution in [0.5, 0.6) is 0 Å². The molecule has 0 fully saturated rings. The summed E-state index contributed by atoms with van der Waals surface area (Å²) in [6, 6.07) is 15.1. The minimum Gasteiger partial charge on any atom is -0.456 e. The zero-order valence-electron chi connectivity index (χ0n) is 11.3. The number of benzene rings is 1. The molecule has 3 rings (SSSR count). The van der Waals surface area contributed by atoms with Crippen molar-refractivity contribution in [3.05, 3.63) is 70.3 Å². The van der Waals surface area contributed by atoms with Crippen molar-refractivity contribution in [2.24, 2.45) is 0 Å². The molecule has 3 nitrogen and oxygen atoms in total. The van der Waals surface area contributed by atoms with Crippen molar-refractivity contribution < 1.29 is 8.83 Å². The fourth-order valence-corrected chi connectivity index (χ4v) is 2.11. The summed E-state index contributed by atoms with van der Waals surface area (Å²) >= 11 is 0. The Morgan fingerprint density at radius 1 is 0.750 bits per heavy atom. The predicted molar refractivity (Wildman–Crippen MR) is 77.6 cm³/mol. The third kappa shape index (κ3) is 2.43. The highest BCUT2D eigenvalue weighted by Gasteiger charge is 2.08. The summed E-state index contributed by atoms with van der Waals surface area (Å²) in [7, 11) is 0. The second-order valence-electron chi connectivity index (χ2n) is 4.81. The molecule has 0 aliphatic carbocycles. The van der Waals surface area contributed by atoms with E-state index in [4.69, 9.17) is 8.83 Å². The fourth-order valence-electron chi connectivity index (χ4n) is 2.11. The molecule has 0 spiro atoms. The van der Waals surface area contributed by atoms with Crippen molar-refractivity contribution in [1.82, 2.24) is 0 Å². The van der Waals surface area contributed by atoms with Crippen LogP contribution in [0.15, 0.2) is 62.2 Å². The molecule has 0 saturated heterocycles. The minimum atomic E-state index is -0.367. The number of hydrogen-bond acceptors (Lipinski definition) is 3. The molecular weight excluding hydrogens is 252 g/mol. The van der Waals surface area contributed by atoms with Crippen LogP contribution in [-0.4, -0.2) is 0 Å². The Morgan fingerprint density at radius 3 is 2.05 bits per heavy atom. The van der Waals surface area contributed by atoms with Gasteiger partial charge in [-0.15, -0.1) is 0 Å². The van der Waals surface area contributed by atoms with Gasteiger partial charge in [0.1, 0.15) is 17.3 Å². The van der Waals surface area contributed by atoms with E-state index in [1.165, 1.54) is 11.6 Å². The minimum absolute atomic E-state index is 0.367. The largest absolute Gasteiger partial charge is 0.456 e. The lowest BCUT2D eigenvalue weighted by Gasteiger charge is -1.99. The standard InChI is InChI=1S/C17H14O3/c1-11-3-5-13(6-4-11)15-7-8-16(20-15)14-9-12(2)19-17(18)10-14/h3-10H,1-2H3. The number of hydrogen-bond donors (Lipinski definition) is 0. The summed E-state index contributed by atoms with van der Waals surface area (Å²) in [6.45, 7) is 3.79. The first-order valence-electron chi connectivity index (χ1n) is 6.41. The Bertz CT molecular complexity index is 792. The lowest BCUT2D eigenvalue weighted by molar-refractivity contribution is 0.479. The first-order chi connectivity index (χ1) is 9.61. The normalized spacial score (nSPS) is 10.7. The van der Waals surface area contributed by atoms with E-state index >= 15 is 0 Å². The molecule has 0 bridgehead atoms. The van der Waals surface area contributed by atoms with E-state index in [-0.39, 0.29) is 5.63 Å². The molecule has 0 unspecified atom stereocenters. The summed E-state index contributed by atoms with van der Waals surface area (Å²) in [5.41, 5.74) is 2.59. The molecule has 3 heteroatoms. The molecule has 2 aromatic heterocycles. The van der Waals surface area contributed by atoms with E-state index < -0.39 is 0 Å². The summed E-state index contributed by atoms with van der Waals surface area (Å²) in [4.78, 5) is 11.4. The summed E-state index contributed by atoms with van der Waals surface area (Å²) in [5.74, 6) is 2.02.